The summed E-state index contributed by atoms with van der Waals surface area (Å²) < 4.78 is 0. The Morgan fingerprint density at radius 2 is 1.88 bits per heavy atom. The zero-order valence-corrected chi connectivity index (χ0v) is 11.1. The molecule has 1 aliphatic rings. The van der Waals surface area contributed by atoms with Crippen LogP contribution in [0.15, 0.2) is 48.6 Å². The van der Waals surface area contributed by atoms with Crippen LogP contribution in [0.5, 0.6) is 0 Å². The second-order valence-corrected chi connectivity index (χ2v) is 5.32. The first-order chi connectivity index (χ1) is 8.17. The van der Waals surface area contributed by atoms with Gasteiger partial charge >= 0.3 is 0 Å². The molecule has 0 amide bonds. The third kappa shape index (κ3) is 2.36. The van der Waals surface area contributed by atoms with Crippen LogP contribution in [0.1, 0.15) is 39.2 Å². The standard InChI is InChI=1S/C17H22/c1-4-12-17(3)13-8-11-16(14(17)2)15-9-6-5-7-10-15/h5-11,13-14H,4,12H2,1-3H3. The van der Waals surface area contributed by atoms with Crippen molar-refractivity contribution in [1.82, 2.24) is 0 Å². The Bertz CT molecular complexity index is 425. The van der Waals surface area contributed by atoms with Crippen molar-refractivity contribution >= 4 is 5.57 Å². The third-order valence-corrected chi connectivity index (χ3v) is 4.10. The highest BCUT2D eigenvalue weighted by Crippen LogP contribution is 2.44. The van der Waals surface area contributed by atoms with Gasteiger partial charge in [-0.05, 0) is 28.9 Å². The van der Waals surface area contributed by atoms with Crippen LogP contribution in [0.3, 0.4) is 0 Å². The maximum Gasteiger partial charge on any atom is -0.00773 e. The molecule has 0 bridgehead atoms. The average molecular weight is 226 g/mol. The minimum absolute atomic E-state index is 0.314. The smallest absolute Gasteiger partial charge is 0.00773 e. The monoisotopic (exact) mass is 226 g/mol. The van der Waals surface area contributed by atoms with Gasteiger partial charge in [-0.1, -0.05) is 75.8 Å². The van der Waals surface area contributed by atoms with E-state index in [2.05, 4.69) is 69.3 Å². The minimum Gasteiger partial charge on any atom is -0.0780 e. The summed E-state index contributed by atoms with van der Waals surface area (Å²) in [7, 11) is 0. The van der Waals surface area contributed by atoms with Crippen LogP contribution in [0.4, 0.5) is 0 Å². The molecule has 0 aliphatic heterocycles. The van der Waals surface area contributed by atoms with Gasteiger partial charge in [-0.25, -0.2) is 0 Å². The van der Waals surface area contributed by atoms with Gasteiger partial charge in [0.2, 0.25) is 0 Å². The van der Waals surface area contributed by atoms with Gasteiger partial charge in [-0.3, -0.25) is 0 Å². The van der Waals surface area contributed by atoms with E-state index in [-0.39, 0.29) is 0 Å². The Balaban J connectivity index is 2.32. The highest BCUT2D eigenvalue weighted by Gasteiger charge is 2.32. The van der Waals surface area contributed by atoms with Gasteiger partial charge < -0.3 is 0 Å². The zero-order valence-electron chi connectivity index (χ0n) is 11.1. The Hall–Kier alpha value is -1.30. The van der Waals surface area contributed by atoms with Crippen molar-refractivity contribution in [3.63, 3.8) is 0 Å². The van der Waals surface area contributed by atoms with Crippen molar-refractivity contribution in [3.05, 3.63) is 54.1 Å². The van der Waals surface area contributed by atoms with Crippen LogP contribution in [0.25, 0.3) is 5.57 Å². The van der Waals surface area contributed by atoms with Crippen LogP contribution in [-0.4, -0.2) is 0 Å². The predicted molar refractivity (Wildman–Crippen MR) is 75.7 cm³/mol. The molecule has 1 aromatic carbocycles. The molecule has 2 unspecified atom stereocenters. The summed E-state index contributed by atoms with van der Waals surface area (Å²) in [5.41, 5.74) is 3.16. The second kappa shape index (κ2) is 4.91. The molecule has 90 valence electrons. The van der Waals surface area contributed by atoms with Crippen LogP contribution in [0.2, 0.25) is 0 Å². The molecule has 0 radical (unpaired) electrons. The first-order valence-corrected chi connectivity index (χ1v) is 6.62. The molecule has 0 N–H and O–H groups in total. The van der Waals surface area contributed by atoms with E-state index in [1.807, 2.05) is 0 Å². The SMILES string of the molecule is CCCC1(C)C=CC=C(c2ccccc2)C1C. The summed E-state index contributed by atoms with van der Waals surface area (Å²) >= 11 is 0. The molecule has 1 aromatic rings. The van der Waals surface area contributed by atoms with Crippen molar-refractivity contribution in [3.8, 4) is 0 Å². The molecule has 1 aliphatic carbocycles. The van der Waals surface area contributed by atoms with Gasteiger partial charge in [-0.2, -0.15) is 0 Å². The van der Waals surface area contributed by atoms with Gasteiger partial charge in [0, 0.05) is 0 Å². The zero-order chi connectivity index (χ0) is 12.3. The van der Waals surface area contributed by atoms with Gasteiger partial charge in [0.15, 0.2) is 0 Å². The van der Waals surface area contributed by atoms with E-state index in [0.29, 0.717) is 11.3 Å². The minimum atomic E-state index is 0.314. The fourth-order valence-corrected chi connectivity index (χ4v) is 2.83. The van der Waals surface area contributed by atoms with Crippen LogP contribution < -0.4 is 0 Å². The second-order valence-electron chi connectivity index (χ2n) is 5.32. The largest absolute Gasteiger partial charge is 0.0780 e. The lowest BCUT2D eigenvalue weighted by molar-refractivity contribution is 0.305. The highest BCUT2D eigenvalue weighted by atomic mass is 14.4. The Morgan fingerprint density at radius 1 is 1.18 bits per heavy atom. The number of hydrogen-bond donors (Lipinski definition) is 0. The summed E-state index contributed by atoms with van der Waals surface area (Å²) in [5, 5.41) is 0. The van der Waals surface area contributed by atoms with E-state index >= 15 is 0 Å². The van der Waals surface area contributed by atoms with Gasteiger partial charge in [0.1, 0.15) is 0 Å². The van der Waals surface area contributed by atoms with Crippen LogP contribution >= 0.6 is 0 Å². The molecular formula is C17H22. The lowest BCUT2D eigenvalue weighted by Gasteiger charge is -2.37. The van der Waals surface area contributed by atoms with E-state index < -0.39 is 0 Å². The highest BCUT2D eigenvalue weighted by molar-refractivity contribution is 5.70. The molecule has 2 rings (SSSR count). The van der Waals surface area contributed by atoms with Crippen molar-refractivity contribution in [1.29, 1.82) is 0 Å². The van der Waals surface area contributed by atoms with Crippen molar-refractivity contribution in [2.24, 2.45) is 11.3 Å². The van der Waals surface area contributed by atoms with Gasteiger partial charge in [0.05, 0.1) is 0 Å². The fourth-order valence-electron chi connectivity index (χ4n) is 2.83. The van der Waals surface area contributed by atoms with Crippen LogP contribution in [-0.2, 0) is 0 Å². The number of allylic oxidation sites excluding steroid dienone is 4. The molecule has 0 aromatic heterocycles. The Morgan fingerprint density at radius 3 is 2.53 bits per heavy atom. The van der Waals surface area contributed by atoms with E-state index in [4.69, 9.17) is 0 Å². The van der Waals surface area contributed by atoms with E-state index in [9.17, 15) is 0 Å². The normalized spacial score (nSPS) is 27.9. The van der Waals surface area contributed by atoms with Crippen LogP contribution in [0, 0.1) is 11.3 Å². The van der Waals surface area contributed by atoms with Crippen molar-refractivity contribution in [2.45, 2.75) is 33.6 Å². The molecule has 0 saturated carbocycles. The molecular weight excluding hydrogens is 204 g/mol. The summed E-state index contributed by atoms with van der Waals surface area (Å²) in [6, 6.07) is 10.8. The predicted octanol–water partition coefficient (Wildman–Crippen LogP) is 5.08. The molecule has 0 heterocycles. The molecule has 2 atom stereocenters. The van der Waals surface area contributed by atoms with Crippen molar-refractivity contribution in [2.75, 3.05) is 0 Å². The molecule has 0 heteroatoms. The van der Waals surface area contributed by atoms with Gasteiger partial charge in [0.25, 0.3) is 0 Å². The first-order valence-electron chi connectivity index (χ1n) is 6.62. The molecule has 0 spiro atoms. The van der Waals surface area contributed by atoms with E-state index in [1.54, 1.807) is 0 Å². The quantitative estimate of drug-likeness (QED) is 0.674. The van der Waals surface area contributed by atoms with Gasteiger partial charge in [-0.15, -0.1) is 0 Å². The Kier molecular flexibility index (Phi) is 3.51. The lowest BCUT2D eigenvalue weighted by Crippen LogP contribution is -2.25. The number of rotatable bonds is 3. The first kappa shape index (κ1) is 12.2. The lowest BCUT2D eigenvalue weighted by atomic mass is 9.67. The average Bonchev–Trinajstić information content (AvgIpc) is 2.34. The Labute approximate surface area is 105 Å². The molecule has 17 heavy (non-hydrogen) atoms. The summed E-state index contributed by atoms with van der Waals surface area (Å²) in [5.74, 6) is 0.592. The number of benzene rings is 1. The summed E-state index contributed by atoms with van der Waals surface area (Å²) in [6.07, 6.45) is 9.39. The molecule has 0 nitrogen and oxygen atoms in total. The number of hydrogen-bond acceptors (Lipinski definition) is 0. The summed E-state index contributed by atoms with van der Waals surface area (Å²) in [4.78, 5) is 0. The van der Waals surface area contributed by atoms with E-state index in [1.165, 1.54) is 24.0 Å². The molecule has 0 saturated heterocycles. The van der Waals surface area contributed by atoms with E-state index in [0.717, 1.165) is 0 Å². The third-order valence-electron chi connectivity index (χ3n) is 4.10. The topological polar surface area (TPSA) is 0 Å². The summed E-state index contributed by atoms with van der Waals surface area (Å²) in [6.45, 7) is 7.01. The molecule has 0 fully saturated rings. The van der Waals surface area contributed by atoms with Crippen molar-refractivity contribution < 1.29 is 0 Å². The maximum absolute atomic E-state index is 2.38. The fraction of sp³-hybridized carbons (Fsp3) is 0.412. The maximum atomic E-state index is 2.38.